The van der Waals surface area contributed by atoms with Crippen LogP contribution >= 0.6 is 0 Å². The van der Waals surface area contributed by atoms with E-state index in [9.17, 15) is 14.9 Å². The largest absolute Gasteiger partial charge is 0.478 e. The molecule has 0 saturated carbocycles. The van der Waals surface area contributed by atoms with Crippen molar-refractivity contribution in [2.24, 2.45) is 0 Å². The summed E-state index contributed by atoms with van der Waals surface area (Å²) in [4.78, 5) is 24.9. The molecule has 0 atom stereocenters. The number of aromatic carboxylic acids is 1. The molecule has 2 N–H and O–H groups in total. The van der Waals surface area contributed by atoms with Crippen LogP contribution in [0.2, 0.25) is 0 Å². The Labute approximate surface area is 114 Å². The van der Waals surface area contributed by atoms with Crippen LogP contribution in [0.15, 0.2) is 36.5 Å². The molecule has 0 bridgehead atoms. The third kappa shape index (κ3) is 2.89. The fourth-order valence-electron chi connectivity index (χ4n) is 1.66. The van der Waals surface area contributed by atoms with Crippen LogP contribution in [0.4, 0.5) is 17.2 Å². The SMILES string of the molecule is Cc1cc([N+](=O)[O-])cnc1Nc1cccc(C(=O)O)c1. The first-order chi connectivity index (χ1) is 9.47. The van der Waals surface area contributed by atoms with Crippen LogP contribution < -0.4 is 5.32 Å². The van der Waals surface area contributed by atoms with Gasteiger partial charge in [0.1, 0.15) is 12.0 Å². The Bertz CT molecular complexity index is 685. The second-order valence-electron chi connectivity index (χ2n) is 4.13. The van der Waals surface area contributed by atoms with Crippen molar-refractivity contribution in [1.82, 2.24) is 4.98 Å². The molecule has 0 fully saturated rings. The molecule has 1 aromatic carbocycles. The van der Waals surface area contributed by atoms with Gasteiger partial charge < -0.3 is 10.4 Å². The lowest BCUT2D eigenvalue weighted by Gasteiger charge is -2.08. The maximum atomic E-state index is 10.9. The summed E-state index contributed by atoms with van der Waals surface area (Å²) in [6.45, 7) is 1.68. The molecule has 0 aliphatic heterocycles. The number of benzene rings is 1. The number of hydrogen-bond acceptors (Lipinski definition) is 5. The van der Waals surface area contributed by atoms with Gasteiger partial charge in [0.25, 0.3) is 5.69 Å². The van der Waals surface area contributed by atoms with Crippen molar-refractivity contribution >= 4 is 23.2 Å². The van der Waals surface area contributed by atoms with E-state index < -0.39 is 10.9 Å². The lowest BCUT2D eigenvalue weighted by atomic mass is 10.2. The molecule has 0 amide bonds. The average molecular weight is 273 g/mol. The molecule has 2 aromatic rings. The van der Waals surface area contributed by atoms with E-state index in [1.807, 2.05) is 0 Å². The third-order valence-corrected chi connectivity index (χ3v) is 2.65. The number of aryl methyl sites for hydroxylation is 1. The number of rotatable bonds is 4. The minimum Gasteiger partial charge on any atom is -0.478 e. The van der Waals surface area contributed by atoms with Crippen molar-refractivity contribution in [3.8, 4) is 0 Å². The second-order valence-corrected chi connectivity index (χ2v) is 4.13. The zero-order chi connectivity index (χ0) is 14.7. The highest BCUT2D eigenvalue weighted by Crippen LogP contribution is 2.22. The van der Waals surface area contributed by atoms with E-state index in [-0.39, 0.29) is 11.3 Å². The van der Waals surface area contributed by atoms with Crippen molar-refractivity contribution < 1.29 is 14.8 Å². The number of carbonyl (C=O) groups is 1. The van der Waals surface area contributed by atoms with E-state index in [4.69, 9.17) is 5.11 Å². The number of pyridine rings is 1. The zero-order valence-electron chi connectivity index (χ0n) is 10.5. The van der Waals surface area contributed by atoms with Gasteiger partial charge in [-0.05, 0) is 30.7 Å². The standard InChI is InChI=1S/C13H11N3O4/c1-8-5-11(16(19)20)7-14-12(8)15-10-4-2-3-9(6-10)13(17)18/h2-7H,1H3,(H,14,15)(H,17,18). The summed E-state index contributed by atoms with van der Waals surface area (Å²) in [5.41, 5.74) is 1.20. The zero-order valence-corrected chi connectivity index (χ0v) is 10.5. The minimum atomic E-state index is -1.03. The van der Waals surface area contributed by atoms with Crippen LogP contribution in [-0.2, 0) is 0 Å². The summed E-state index contributed by atoms with van der Waals surface area (Å²) >= 11 is 0. The molecule has 0 radical (unpaired) electrons. The molecular formula is C13H11N3O4. The monoisotopic (exact) mass is 273 g/mol. The van der Waals surface area contributed by atoms with Crippen molar-refractivity contribution in [2.75, 3.05) is 5.32 Å². The van der Waals surface area contributed by atoms with Crippen LogP contribution in [0.25, 0.3) is 0 Å². The molecule has 0 aliphatic rings. The molecule has 20 heavy (non-hydrogen) atoms. The lowest BCUT2D eigenvalue weighted by molar-refractivity contribution is -0.385. The van der Waals surface area contributed by atoms with Crippen molar-refractivity contribution in [3.63, 3.8) is 0 Å². The summed E-state index contributed by atoms with van der Waals surface area (Å²) in [5, 5.41) is 22.5. The van der Waals surface area contributed by atoms with E-state index in [1.54, 1.807) is 19.1 Å². The molecule has 1 heterocycles. The number of hydrogen-bond donors (Lipinski definition) is 2. The number of nitro groups is 1. The third-order valence-electron chi connectivity index (χ3n) is 2.65. The quantitative estimate of drug-likeness (QED) is 0.655. The number of nitrogens with zero attached hydrogens (tertiary/aromatic N) is 2. The normalized spacial score (nSPS) is 10.1. The van der Waals surface area contributed by atoms with Crippen LogP contribution in [0.5, 0.6) is 0 Å². The summed E-state index contributed by atoms with van der Waals surface area (Å²) in [6.07, 6.45) is 1.15. The summed E-state index contributed by atoms with van der Waals surface area (Å²) < 4.78 is 0. The van der Waals surface area contributed by atoms with Gasteiger partial charge in [-0.3, -0.25) is 10.1 Å². The van der Waals surface area contributed by atoms with Crippen molar-refractivity contribution in [3.05, 3.63) is 57.8 Å². The predicted octanol–water partition coefficient (Wildman–Crippen LogP) is 2.74. The maximum absolute atomic E-state index is 10.9. The van der Waals surface area contributed by atoms with E-state index in [2.05, 4.69) is 10.3 Å². The molecular weight excluding hydrogens is 262 g/mol. The highest BCUT2D eigenvalue weighted by Gasteiger charge is 2.10. The molecule has 102 valence electrons. The first-order valence-electron chi connectivity index (χ1n) is 5.69. The number of nitrogens with one attached hydrogen (secondary N) is 1. The first kappa shape index (κ1) is 13.5. The van der Waals surface area contributed by atoms with Gasteiger partial charge in [0.05, 0.1) is 10.5 Å². The Kier molecular flexibility index (Phi) is 3.60. The fourth-order valence-corrected chi connectivity index (χ4v) is 1.66. The molecule has 0 unspecified atom stereocenters. The molecule has 7 nitrogen and oxygen atoms in total. The Morgan fingerprint density at radius 1 is 1.40 bits per heavy atom. The Morgan fingerprint density at radius 2 is 2.15 bits per heavy atom. The van der Waals surface area contributed by atoms with Gasteiger partial charge in [-0.1, -0.05) is 6.07 Å². The second kappa shape index (κ2) is 5.35. The predicted molar refractivity (Wildman–Crippen MR) is 72.3 cm³/mol. The molecule has 2 rings (SSSR count). The smallest absolute Gasteiger partial charge is 0.335 e. The van der Waals surface area contributed by atoms with E-state index in [1.165, 1.54) is 18.2 Å². The summed E-state index contributed by atoms with van der Waals surface area (Å²) in [6, 6.07) is 7.63. The number of aromatic nitrogens is 1. The van der Waals surface area contributed by atoms with Gasteiger partial charge >= 0.3 is 5.97 Å². The fraction of sp³-hybridized carbons (Fsp3) is 0.0769. The lowest BCUT2D eigenvalue weighted by Crippen LogP contribution is -2.00. The Morgan fingerprint density at radius 3 is 2.75 bits per heavy atom. The molecule has 7 heteroatoms. The Balaban J connectivity index is 2.28. The number of carboxylic acids is 1. The van der Waals surface area contributed by atoms with Gasteiger partial charge in [-0.25, -0.2) is 9.78 Å². The van der Waals surface area contributed by atoms with Crippen molar-refractivity contribution in [2.45, 2.75) is 6.92 Å². The van der Waals surface area contributed by atoms with Crippen LogP contribution in [0.1, 0.15) is 15.9 Å². The van der Waals surface area contributed by atoms with E-state index >= 15 is 0 Å². The Hall–Kier alpha value is -2.96. The number of anilines is 2. The average Bonchev–Trinajstić information content (AvgIpc) is 2.41. The number of carboxylic acid groups (broad SMARTS) is 1. The maximum Gasteiger partial charge on any atom is 0.335 e. The highest BCUT2D eigenvalue weighted by atomic mass is 16.6. The molecule has 0 spiro atoms. The van der Waals surface area contributed by atoms with Gasteiger partial charge in [0.2, 0.25) is 0 Å². The van der Waals surface area contributed by atoms with Crippen LogP contribution in [0, 0.1) is 17.0 Å². The molecule has 0 saturated heterocycles. The van der Waals surface area contributed by atoms with Gasteiger partial charge in [-0.15, -0.1) is 0 Å². The minimum absolute atomic E-state index is 0.0904. The van der Waals surface area contributed by atoms with Crippen molar-refractivity contribution in [1.29, 1.82) is 0 Å². The first-order valence-corrected chi connectivity index (χ1v) is 5.69. The summed E-state index contributed by atoms with van der Waals surface area (Å²) in [5.74, 6) is -0.583. The van der Waals surface area contributed by atoms with Crippen LogP contribution in [0.3, 0.4) is 0 Å². The molecule has 1 aromatic heterocycles. The van der Waals surface area contributed by atoms with Gasteiger partial charge in [0.15, 0.2) is 0 Å². The van der Waals surface area contributed by atoms with E-state index in [0.29, 0.717) is 17.1 Å². The highest BCUT2D eigenvalue weighted by molar-refractivity contribution is 5.89. The van der Waals surface area contributed by atoms with Gasteiger partial charge in [-0.2, -0.15) is 0 Å². The molecule has 0 aliphatic carbocycles. The van der Waals surface area contributed by atoms with Crippen LogP contribution in [-0.4, -0.2) is 21.0 Å². The topological polar surface area (TPSA) is 105 Å². The van der Waals surface area contributed by atoms with E-state index in [0.717, 1.165) is 6.20 Å². The van der Waals surface area contributed by atoms with Gasteiger partial charge in [0, 0.05) is 11.8 Å². The summed E-state index contributed by atoms with van der Waals surface area (Å²) in [7, 11) is 0.